The molecule has 2 heteroatoms. The maximum atomic E-state index is 6.10. The highest BCUT2D eigenvalue weighted by atomic mass is 14.7. The minimum absolute atomic E-state index is 1.12. The van der Waals surface area contributed by atoms with Gasteiger partial charge in [-0.2, -0.15) is 0 Å². The summed E-state index contributed by atoms with van der Waals surface area (Å²) in [4.78, 5) is 5.56. The fourth-order valence-electron chi connectivity index (χ4n) is 0.0667. The number of hydrogen-bond acceptors (Lipinski definition) is 0. The highest BCUT2D eigenvalue weighted by Crippen LogP contribution is 1.70. The third kappa shape index (κ3) is 2.72. The molecule has 0 aliphatic carbocycles. The van der Waals surface area contributed by atoms with Gasteiger partial charge in [0.25, 0.3) is 0 Å². The van der Waals surface area contributed by atoms with E-state index >= 15 is 0 Å². The molecule has 0 aromatic carbocycles. The molecule has 0 fully saturated rings. The molecule has 0 N–H and O–H groups in total. The van der Waals surface area contributed by atoms with Gasteiger partial charge in [-0.25, -0.2) is 0 Å². The molecule has 0 atom stereocenters. The highest BCUT2D eigenvalue weighted by Gasteiger charge is 1.51. The number of hydrogen-bond donors (Lipinski definition) is 0. The summed E-state index contributed by atoms with van der Waals surface area (Å²) in [5, 5.41) is 0. The Labute approximate surface area is 36.3 Å². The van der Waals surface area contributed by atoms with Gasteiger partial charge in [0.05, 0.1) is 13.1 Å². The van der Waals surface area contributed by atoms with Gasteiger partial charge in [-0.15, -0.1) is 0 Å². The first kappa shape index (κ1) is 4.72. The zero-order chi connectivity index (χ0) is 4.83. The molecule has 0 bridgehead atoms. The summed E-state index contributed by atoms with van der Waals surface area (Å²) in [5.74, 6) is 0. The van der Waals surface area contributed by atoms with E-state index in [4.69, 9.17) is 13.1 Å². The van der Waals surface area contributed by atoms with E-state index in [-0.39, 0.29) is 0 Å². The zero-order valence-corrected chi connectivity index (χ0v) is 3.05. The van der Waals surface area contributed by atoms with Gasteiger partial charge in [0.15, 0.2) is 12.4 Å². The molecule has 0 amide bonds. The molecule has 28 valence electrons. The Balaban J connectivity index is 3.36. The van der Waals surface area contributed by atoms with E-state index in [0.717, 1.165) is 12.4 Å². The van der Waals surface area contributed by atoms with Gasteiger partial charge in [0, 0.05) is 0 Å². The highest BCUT2D eigenvalue weighted by molar-refractivity contribution is 4.94. The van der Waals surface area contributed by atoms with Crippen LogP contribution in [0.5, 0.6) is 0 Å². The maximum Gasteiger partial charge on any atom is 0.154 e. The van der Waals surface area contributed by atoms with Crippen molar-refractivity contribution < 1.29 is 0 Å². The van der Waals surface area contributed by atoms with Crippen molar-refractivity contribution in [1.82, 2.24) is 0 Å². The minimum Gasteiger partial charge on any atom is -0.258 e. The fourth-order valence-corrected chi connectivity index (χ4v) is 0.0667. The van der Waals surface area contributed by atoms with Crippen molar-refractivity contribution in [2.45, 2.75) is 0 Å². The van der Waals surface area contributed by atoms with Crippen LogP contribution in [0.25, 0.3) is 9.69 Å². The van der Waals surface area contributed by atoms with E-state index in [2.05, 4.69) is 9.69 Å². The van der Waals surface area contributed by atoms with Crippen LogP contribution < -0.4 is 0 Å². The van der Waals surface area contributed by atoms with Crippen LogP contribution in [0, 0.1) is 13.1 Å². The summed E-state index contributed by atoms with van der Waals surface area (Å²) in [6.45, 7) is 12.2. The average molecular weight is 78.1 g/mol. The lowest BCUT2D eigenvalue weighted by Gasteiger charge is -1.51. The van der Waals surface area contributed by atoms with Crippen molar-refractivity contribution in [3.63, 3.8) is 0 Å². The number of rotatable bonds is 0. The van der Waals surface area contributed by atoms with Crippen LogP contribution in [0.3, 0.4) is 0 Å². The Morgan fingerprint density at radius 2 is 1.33 bits per heavy atom. The van der Waals surface area contributed by atoms with Crippen molar-refractivity contribution in [3.8, 4) is 0 Å². The predicted molar refractivity (Wildman–Crippen MR) is 22.3 cm³/mol. The van der Waals surface area contributed by atoms with Crippen LogP contribution in [0.1, 0.15) is 0 Å². The first-order valence-corrected chi connectivity index (χ1v) is 1.30. The van der Waals surface area contributed by atoms with Gasteiger partial charge >= 0.3 is 0 Å². The van der Waals surface area contributed by atoms with E-state index in [1.807, 2.05) is 0 Å². The van der Waals surface area contributed by atoms with Crippen molar-refractivity contribution in [3.05, 3.63) is 35.2 Å². The second-order valence-corrected chi connectivity index (χ2v) is 0.556. The summed E-state index contributed by atoms with van der Waals surface area (Å²) in [7, 11) is 0. The monoisotopic (exact) mass is 78.0 g/mol. The lowest BCUT2D eigenvalue weighted by Crippen LogP contribution is -1.30. The molecule has 0 aromatic rings. The van der Waals surface area contributed by atoms with Crippen molar-refractivity contribution in [2.24, 2.45) is 0 Å². The Bertz CT molecular complexity index is 105. The normalized spacial score (nSPS) is 7.00. The average Bonchev–Trinajstić information content (AvgIpc) is 1.61. The van der Waals surface area contributed by atoms with Crippen molar-refractivity contribution in [1.29, 1.82) is 0 Å². The molecule has 0 aromatic heterocycles. The first-order valence-electron chi connectivity index (χ1n) is 1.30. The Morgan fingerprint density at radius 3 is 1.50 bits per heavy atom. The third-order valence-corrected chi connectivity index (χ3v) is 0.216. The third-order valence-electron chi connectivity index (χ3n) is 0.216. The van der Waals surface area contributed by atoms with Gasteiger partial charge in [-0.3, -0.25) is 9.69 Å². The second kappa shape index (κ2) is 3.72. The molecule has 0 aliphatic rings. The molecule has 0 spiro atoms. The van der Waals surface area contributed by atoms with Crippen LogP contribution in [0.2, 0.25) is 0 Å². The molecule has 0 unspecified atom stereocenters. The second-order valence-electron chi connectivity index (χ2n) is 0.556. The summed E-state index contributed by atoms with van der Waals surface area (Å²) >= 11 is 0. The summed E-state index contributed by atoms with van der Waals surface area (Å²) in [5.41, 5.74) is 0. The summed E-state index contributed by atoms with van der Waals surface area (Å²) in [6, 6.07) is 0. The molecule has 0 saturated carbocycles. The molecule has 0 aliphatic heterocycles. The minimum atomic E-state index is 1.12. The lowest BCUT2D eigenvalue weighted by molar-refractivity contribution is 1.94. The van der Waals surface area contributed by atoms with Crippen LogP contribution in [-0.4, -0.2) is 0 Å². The van der Waals surface area contributed by atoms with Gasteiger partial charge in [-0.05, 0) is 0 Å². The quantitative estimate of drug-likeness (QED) is 0.386. The molecule has 2 nitrogen and oxygen atoms in total. The lowest BCUT2D eigenvalue weighted by atomic mass is 10.9. The molecule has 6 heavy (non-hydrogen) atoms. The first-order chi connectivity index (χ1) is 2.91. The van der Waals surface area contributed by atoms with Gasteiger partial charge in [0.2, 0.25) is 0 Å². The molecule has 0 radical (unpaired) electrons. The smallest absolute Gasteiger partial charge is 0.154 e. The topological polar surface area (TPSA) is 8.72 Å². The van der Waals surface area contributed by atoms with Gasteiger partial charge in [-0.1, -0.05) is 0 Å². The molecule has 0 heterocycles. The van der Waals surface area contributed by atoms with E-state index in [0.29, 0.717) is 0 Å². The SMILES string of the molecule is [C-]#[N+]/C=C\[N+]#[C-]. The van der Waals surface area contributed by atoms with Gasteiger partial charge < -0.3 is 0 Å². The molecular formula is C4H2N2. The zero-order valence-electron chi connectivity index (χ0n) is 3.05. The Kier molecular flexibility index (Phi) is 2.93. The maximum absolute atomic E-state index is 6.10. The van der Waals surface area contributed by atoms with Crippen LogP contribution in [-0.2, 0) is 0 Å². The Hall–Kier alpha value is -1.28. The van der Waals surface area contributed by atoms with Crippen LogP contribution in [0.4, 0.5) is 0 Å². The fraction of sp³-hybridized carbons (Fsp3) is 0. The standard InChI is InChI=1S/C4H2N2/c1-5-3-4-6-2/h3-4H/b4-3-. The van der Waals surface area contributed by atoms with E-state index < -0.39 is 0 Å². The van der Waals surface area contributed by atoms with Crippen molar-refractivity contribution >= 4 is 0 Å². The van der Waals surface area contributed by atoms with Crippen LogP contribution >= 0.6 is 0 Å². The molecule has 0 rings (SSSR count). The molecular weight excluding hydrogens is 76.1 g/mol. The summed E-state index contributed by atoms with van der Waals surface area (Å²) < 4.78 is 0. The van der Waals surface area contributed by atoms with Gasteiger partial charge in [0.1, 0.15) is 0 Å². The van der Waals surface area contributed by atoms with Crippen LogP contribution in [0.15, 0.2) is 12.4 Å². The number of nitrogens with zero attached hydrogens (tertiary/aromatic N) is 2. The van der Waals surface area contributed by atoms with E-state index in [9.17, 15) is 0 Å². The largest absolute Gasteiger partial charge is 0.258 e. The van der Waals surface area contributed by atoms with Crippen molar-refractivity contribution in [2.75, 3.05) is 0 Å². The predicted octanol–water partition coefficient (Wildman–Crippen LogP) is 1.30. The van der Waals surface area contributed by atoms with E-state index in [1.54, 1.807) is 0 Å². The van der Waals surface area contributed by atoms with E-state index in [1.165, 1.54) is 0 Å². The molecule has 0 saturated heterocycles. The summed E-state index contributed by atoms with van der Waals surface area (Å²) in [6.07, 6.45) is 2.24. The Morgan fingerprint density at radius 1 is 1.00 bits per heavy atom.